The highest BCUT2D eigenvalue weighted by atomic mass is 35.5. The summed E-state index contributed by atoms with van der Waals surface area (Å²) in [5.41, 5.74) is 2.95. The summed E-state index contributed by atoms with van der Waals surface area (Å²) in [5, 5.41) is 6.35. The van der Waals surface area contributed by atoms with Gasteiger partial charge in [0.25, 0.3) is 5.91 Å². The van der Waals surface area contributed by atoms with Gasteiger partial charge in [-0.1, -0.05) is 47.5 Å². The van der Waals surface area contributed by atoms with Crippen LogP contribution in [0.4, 0.5) is 16.2 Å². The molecule has 0 radical (unpaired) electrons. The summed E-state index contributed by atoms with van der Waals surface area (Å²) in [7, 11) is 0. The first-order valence-corrected chi connectivity index (χ1v) is 11.9. The van der Waals surface area contributed by atoms with E-state index in [1.54, 1.807) is 41.3 Å². The summed E-state index contributed by atoms with van der Waals surface area (Å²) >= 11 is 5.90. The molecule has 7 heteroatoms. The van der Waals surface area contributed by atoms with Gasteiger partial charge in [0, 0.05) is 35.1 Å². The Morgan fingerprint density at radius 1 is 0.806 bits per heavy atom. The summed E-state index contributed by atoms with van der Waals surface area (Å²) in [6.45, 7) is 2.50. The molecular formula is C29H26ClN3O3. The van der Waals surface area contributed by atoms with Gasteiger partial charge in [-0.2, -0.15) is 0 Å². The lowest BCUT2D eigenvalue weighted by atomic mass is 10.2. The van der Waals surface area contributed by atoms with Crippen LogP contribution < -0.4 is 20.3 Å². The molecule has 0 saturated carbocycles. The van der Waals surface area contributed by atoms with Crippen molar-refractivity contribution in [3.05, 3.63) is 119 Å². The van der Waals surface area contributed by atoms with E-state index in [0.717, 1.165) is 11.3 Å². The molecule has 0 saturated heterocycles. The summed E-state index contributed by atoms with van der Waals surface area (Å²) in [5.74, 6) is 1.14. The molecule has 0 aliphatic carbocycles. The van der Waals surface area contributed by atoms with Gasteiger partial charge >= 0.3 is 6.03 Å². The molecule has 0 spiro atoms. The smallest absolute Gasteiger partial charge is 0.326 e. The van der Waals surface area contributed by atoms with Crippen molar-refractivity contribution in [1.82, 2.24) is 5.32 Å². The average molecular weight is 500 g/mol. The fourth-order valence-corrected chi connectivity index (χ4v) is 3.61. The number of hydrogen-bond acceptors (Lipinski definition) is 3. The first-order valence-electron chi connectivity index (χ1n) is 11.5. The number of hydrogen-bond donors (Lipinski definition) is 2. The van der Waals surface area contributed by atoms with Crippen molar-refractivity contribution >= 4 is 34.9 Å². The molecular weight excluding hydrogens is 474 g/mol. The maximum atomic E-state index is 13.2. The van der Waals surface area contributed by atoms with Crippen molar-refractivity contribution in [2.24, 2.45) is 0 Å². The molecule has 0 bridgehead atoms. The van der Waals surface area contributed by atoms with Crippen LogP contribution in [0.1, 0.15) is 15.9 Å². The Hall–Kier alpha value is -4.29. The number of halogens is 1. The molecule has 0 atom stereocenters. The monoisotopic (exact) mass is 499 g/mol. The highest BCUT2D eigenvalue weighted by Crippen LogP contribution is 2.25. The number of nitrogens with zero attached hydrogens (tertiary/aromatic N) is 1. The second-order valence-electron chi connectivity index (χ2n) is 8.12. The number of amides is 3. The molecule has 0 aliphatic rings. The summed E-state index contributed by atoms with van der Waals surface area (Å²) in [6, 6.07) is 30.6. The van der Waals surface area contributed by atoms with Crippen molar-refractivity contribution in [3.63, 3.8) is 0 Å². The van der Waals surface area contributed by atoms with Crippen LogP contribution in [0.15, 0.2) is 103 Å². The number of anilines is 2. The quantitative estimate of drug-likeness (QED) is 0.277. The van der Waals surface area contributed by atoms with E-state index in [9.17, 15) is 9.59 Å². The number of urea groups is 1. The molecule has 4 aromatic rings. The zero-order valence-corrected chi connectivity index (χ0v) is 20.5. The number of ether oxygens (including phenoxy) is 1. The van der Waals surface area contributed by atoms with Gasteiger partial charge in [-0.3, -0.25) is 9.69 Å². The summed E-state index contributed by atoms with van der Waals surface area (Å²) in [4.78, 5) is 27.3. The third kappa shape index (κ3) is 6.87. The van der Waals surface area contributed by atoms with Crippen LogP contribution >= 0.6 is 11.6 Å². The number of benzene rings is 4. The second-order valence-corrected chi connectivity index (χ2v) is 8.56. The Bertz CT molecular complexity index is 1290. The van der Waals surface area contributed by atoms with E-state index in [0.29, 0.717) is 27.7 Å². The van der Waals surface area contributed by atoms with Crippen LogP contribution in [0.5, 0.6) is 11.5 Å². The molecule has 0 fully saturated rings. The third-order valence-electron chi connectivity index (χ3n) is 5.40. The van der Waals surface area contributed by atoms with E-state index in [4.69, 9.17) is 16.3 Å². The van der Waals surface area contributed by atoms with Gasteiger partial charge in [-0.25, -0.2) is 4.79 Å². The van der Waals surface area contributed by atoms with E-state index in [-0.39, 0.29) is 25.0 Å². The zero-order chi connectivity index (χ0) is 25.3. The van der Waals surface area contributed by atoms with Crippen molar-refractivity contribution in [2.75, 3.05) is 23.3 Å². The number of carbonyl (C=O) groups is 2. The topological polar surface area (TPSA) is 70.7 Å². The van der Waals surface area contributed by atoms with Gasteiger partial charge in [-0.05, 0) is 79.7 Å². The minimum atomic E-state index is -0.309. The van der Waals surface area contributed by atoms with Gasteiger partial charge in [0.1, 0.15) is 11.5 Å². The Morgan fingerprint density at radius 2 is 1.44 bits per heavy atom. The minimum absolute atomic E-state index is 0.239. The standard InChI is InChI=1S/C29H26ClN3O3/c1-21-7-13-24(14-8-21)32-29(35)33(20-19-31-28(34)22-9-11-23(30)12-10-22)25-15-17-27(18-16-25)36-26-5-3-2-4-6-26/h2-18H,19-20H2,1H3,(H,31,34)(H,32,35). The highest BCUT2D eigenvalue weighted by molar-refractivity contribution is 6.30. The molecule has 0 heterocycles. The van der Waals surface area contributed by atoms with Gasteiger partial charge in [0.15, 0.2) is 0 Å². The highest BCUT2D eigenvalue weighted by Gasteiger charge is 2.17. The Balaban J connectivity index is 1.46. The van der Waals surface area contributed by atoms with Crippen LogP contribution in [-0.2, 0) is 0 Å². The predicted octanol–water partition coefficient (Wildman–Crippen LogP) is 6.91. The van der Waals surface area contributed by atoms with E-state index in [2.05, 4.69) is 10.6 Å². The van der Waals surface area contributed by atoms with Crippen molar-refractivity contribution < 1.29 is 14.3 Å². The summed E-state index contributed by atoms with van der Waals surface area (Å²) < 4.78 is 5.86. The largest absolute Gasteiger partial charge is 0.457 e. The lowest BCUT2D eigenvalue weighted by Gasteiger charge is -2.24. The number of rotatable bonds is 8. The summed E-state index contributed by atoms with van der Waals surface area (Å²) in [6.07, 6.45) is 0. The number of carbonyl (C=O) groups excluding carboxylic acids is 2. The van der Waals surface area contributed by atoms with Gasteiger partial charge in [0.05, 0.1) is 0 Å². The third-order valence-corrected chi connectivity index (χ3v) is 5.65. The van der Waals surface area contributed by atoms with Crippen molar-refractivity contribution in [3.8, 4) is 11.5 Å². The molecule has 4 rings (SSSR count). The predicted molar refractivity (Wildman–Crippen MR) is 144 cm³/mol. The lowest BCUT2D eigenvalue weighted by molar-refractivity contribution is 0.0954. The number of para-hydroxylation sites is 1. The van der Waals surface area contributed by atoms with Crippen molar-refractivity contribution in [1.29, 1.82) is 0 Å². The van der Waals surface area contributed by atoms with Gasteiger partial charge < -0.3 is 15.4 Å². The fraction of sp³-hybridized carbons (Fsp3) is 0.103. The van der Waals surface area contributed by atoms with Crippen LogP contribution in [0.25, 0.3) is 0 Å². The normalized spacial score (nSPS) is 10.4. The SMILES string of the molecule is Cc1ccc(NC(=O)N(CCNC(=O)c2ccc(Cl)cc2)c2ccc(Oc3ccccc3)cc2)cc1. The molecule has 0 aliphatic heterocycles. The van der Waals surface area contributed by atoms with E-state index >= 15 is 0 Å². The minimum Gasteiger partial charge on any atom is -0.457 e. The van der Waals surface area contributed by atoms with E-state index in [1.165, 1.54) is 0 Å². The maximum absolute atomic E-state index is 13.2. The van der Waals surface area contributed by atoms with Crippen LogP contribution in [0.2, 0.25) is 5.02 Å². The Labute approximate surface area is 215 Å². The zero-order valence-electron chi connectivity index (χ0n) is 19.8. The number of aryl methyl sites for hydroxylation is 1. The molecule has 0 aromatic heterocycles. The van der Waals surface area contributed by atoms with Gasteiger partial charge in [0.2, 0.25) is 0 Å². The van der Waals surface area contributed by atoms with Crippen LogP contribution in [0.3, 0.4) is 0 Å². The lowest BCUT2D eigenvalue weighted by Crippen LogP contribution is -2.41. The fourth-order valence-electron chi connectivity index (χ4n) is 3.48. The molecule has 4 aromatic carbocycles. The molecule has 2 N–H and O–H groups in total. The molecule has 36 heavy (non-hydrogen) atoms. The first kappa shape index (κ1) is 24.8. The van der Waals surface area contributed by atoms with Crippen molar-refractivity contribution in [2.45, 2.75) is 6.92 Å². The Kier molecular flexibility index (Phi) is 8.21. The maximum Gasteiger partial charge on any atom is 0.326 e. The average Bonchev–Trinajstić information content (AvgIpc) is 2.89. The molecule has 3 amide bonds. The number of nitrogens with one attached hydrogen (secondary N) is 2. The van der Waals surface area contributed by atoms with E-state index in [1.807, 2.05) is 73.7 Å². The molecule has 6 nitrogen and oxygen atoms in total. The second kappa shape index (κ2) is 11.9. The Morgan fingerprint density at radius 3 is 2.11 bits per heavy atom. The molecule has 0 unspecified atom stereocenters. The van der Waals surface area contributed by atoms with Gasteiger partial charge in [-0.15, -0.1) is 0 Å². The molecule has 182 valence electrons. The van der Waals surface area contributed by atoms with Crippen LogP contribution in [0, 0.1) is 6.92 Å². The van der Waals surface area contributed by atoms with E-state index < -0.39 is 0 Å². The first-order chi connectivity index (χ1) is 17.5. The van der Waals surface area contributed by atoms with Crippen LogP contribution in [-0.4, -0.2) is 25.0 Å².